The molecule has 1 aromatic carbocycles. The maximum atomic E-state index is 11.9. The van der Waals surface area contributed by atoms with Gasteiger partial charge in [0.05, 0.1) is 6.10 Å². The molecule has 0 saturated carbocycles. The van der Waals surface area contributed by atoms with Gasteiger partial charge in [-0.2, -0.15) is 0 Å². The van der Waals surface area contributed by atoms with Gasteiger partial charge in [-0.3, -0.25) is 4.79 Å². The Morgan fingerprint density at radius 3 is 2.50 bits per heavy atom. The standard InChI is InChI=1S/C17H28N2O2.ClH/c1-13(2)21-16-10-9-15(12-14(16)3)19-17(20)8-6-4-5-7-11-18;/h9-10,12-13H,4-8,11,18H2,1-3H3,(H,19,20);1H. The van der Waals surface area contributed by atoms with Crippen molar-refractivity contribution < 1.29 is 9.53 Å². The quantitative estimate of drug-likeness (QED) is 0.672. The molecule has 0 atom stereocenters. The maximum absolute atomic E-state index is 11.9. The Morgan fingerprint density at radius 2 is 1.91 bits per heavy atom. The Labute approximate surface area is 140 Å². The molecule has 0 radical (unpaired) electrons. The van der Waals surface area contributed by atoms with Crippen molar-refractivity contribution in [1.82, 2.24) is 0 Å². The number of unbranched alkanes of at least 4 members (excludes halogenated alkanes) is 3. The third kappa shape index (κ3) is 8.25. The Hall–Kier alpha value is -1.26. The summed E-state index contributed by atoms with van der Waals surface area (Å²) < 4.78 is 5.68. The number of anilines is 1. The SMILES string of the molecule is Cc1cc(NC(=O)CCCCCCN)ccc1OC(C)C.Cl. The third-order valence-electron chi connectivity index (χ3n) is 3.18. The average Bonchev–Trinajstić information content (AvgIpc) is 2.41. The van der Waals surface area contributed by atoms with Gasteiger partial charge < -0.3 is 15.8 Å². The molecule has 0 unspecified atom stereocenters. The normalized spacial score (nSPS) is 10.2. The number of hydrogen-bond donors (Lipinski definition) is 2. The average molecular weight is 329 g/mol. The third-order valence-corrected chi connectivity index (χ3v) is 3.18. The molecule has 0 aromatic heterocycles. The molecule has 1 aromatic rings. The molecule has 1 amide bonds. The summed E-state index contributed by atoms with van der Waals surface area (Å²) in [5.41, 5.74) is 7.30. The fraction of sp³-hybridized carbons (Fsp3) is 0.588. The first-order valence-corrected chi connectivity index (χ1v) is 7.80. The number of hydrogen-bond acceptors (Lipinski definition) is 3. The van der Waals surface area contributed by atoms with Crippen molar-refractivity contribution in [2.24, 2.45) is 5.73 Å². The fourth-order valence-corrected chi connectivity index (χ4v) is 2.12. The van der Waals surface area contributed by atoms with Crippen molar-refractivity contribution in [3.8, 4) is 5.75 Å². The molecule has 0 bridgehead atoms. The summed E-state index contributed by atoms with van der Waals surface area (Å²) in [6.45, 7) is 6.72. The van der Waals surface area contributed by atoms with E-state index in [1.807, 2.05) is 39.0 Å². The summed E-state index contributed by atoms with van der Waals surface area (Å²) in [4.78, 5) is 11.9. The van der Waals surface area contributed by atoms with E-state index in [4.69, 9.17) is 10.5 Å². The zero-order chi connectivity index (χ0) is 15.7. The maximum Gasteiger partial charge on any atom is 0.224 e. The van der Waals surface area contributed by atoms with Gasteiger partial charge in [-0.1, -0.05) is 12.8 Å². The number of rotatable bonds is 9. The van der Waals surface area contributed by atoms with E-state index in [0.717, 1.165) is 49.2 Å². The van der Waals surface area contributed by atoms with E-state index in [2.05, 4.69) is 5.32 Å². The minimum Gasteiger partial charge on any atom is -0.491 e. The van der Waals surface area contributed by atoms with Crippen LogP contribution in [0.3, 0.4) is 0 Å². The minimum absolute atomic E-state index is 0. The Morgan fingerprint density at radius 1 is 1.23 bits per heavy atom. The summed E-state index contributed by atoms with van der Waals surface area (Å²) in [5, 5.41) is 2.94. The molecule has 3 N–H and O–H groups in total. The largest absolute Gasteiger partial charge is 0.491 e. The number of carbonyl (C=O) groups is 1. The summed E-state index contributed by atoms with van der Waals surface area (Å²) in [6, 6.07) is 5.74. The summed E-state index contributed by atoms with van der Waals surface area (Å²) in [7, 11) is 0. The van der Waals surface area contributed by atoms with E-state index >= 15 is 0 Å². The van der Waals surface area contributed by atoms with Gasteiger partial charge in [0, 0.05) is 12.1 Å². The Balaban J connectivity index is 0.00000441. The van der Waals surface area contributed by atoms with Gasteiger partial charge in [0.15, 0.2) is 0 Å². The lowest BCUT2D eigenvalue weighted by Crippen LogP contribution is -2.12. The second-order valence-corrected chi connectivity index (χ2v) is 5.65. The predicted octanol–water partition coefficient (Wildman–Crippen LogP) is 4.05. The number of amides is 1. The van der Waals surface area contributed by atoms with Crippen molar-refractivity contribution >= 4 is 24.0 Å². The monoisotopic (exact) mass is 328 g/mol. The highest BCUT2D eigenvalue weighted by molar-refractivity contribution is 5.90. The molecule has 5 heteroatoms. The van der Waals surface area contributed by atoms with Crippen LogP contribution in [0, 0.1) is 6.92 Å². The van der Waals surface area contributed by atoms with Crippen LogP contribution in [0.5, 0.6) is 5.75 Å². The fourth-order valence-electron chi connectivity index (χ4n) is 2.12. The van der Waals surface area contributed by atoms with Crippen molar-refractivity contribution in [2.75, 3.05) is 11.9 Å². The van der Waals surface area contributed by atoms with Gasteiger partial charge in [-0.25, -0.2) is 0 Å². The molecule has 0 aliphatic carbocycles. The van der Waals surface area contributed by atoms with Gasteiger partial charge in [-0.05, 0) is 63.9 Å². The first-order chi connectivity index (χ1) is 10.0. The van der Waals surface area contributed by atoms with Crippen molar-refractivity contribution in [3.63, 3.8) is 0 Å². The van der Waals surface area contributed by atoms with Gasteiger partial charge in [-0.15, -0.1) is 12.4 Å². The van der Waals surface area contributed by atoms with Crippen molar-refractivity contribution in [1.29, 1.82) is 0 Å². The van der Waals surface area contributed by atoms with Crippen LogP contribution < -0.4 is 15.8 Å². The van der Waals surface area contributed by atoms with Crippen molar-refractivity contribution in [3.05, 3.63) is 23.8 Å². The number of carbonyl (C=O) groups excluding carboxylic acids is 1. The molecule has 126 valence electrons. The second kappa shape index (κ2) is 11.3. The van der Waals surface area contributed by atoms with Gasteiger partial charge in [0.25, 0.3) is 0 Å². The van der Waals surface area contributed by atoms with Crippen LogP contribution in [0.2, 0.25) is 0 Å². The molecule has 22 heavy (non-hydrogen) atoms. The topological polar surface area (TPSA) is 64.4 Å². The van der Waals surface area contributed by atoms with Crippen LogP contribution >= 0.6 is 12.4 Å². The van der Waals surface area contributed by atoms with Crippen LogP contribution in [0.25, 0.3) is 0 Å². The molecule has 1 rings (SSSR count). The summed E-state index contributed by atoms with van der Waals surface area (Å²) >= 11 is 0. The van der Waals surface area contributed by atoms with Crippen LogP contribution in [-0.2, 0) is 4.79 Å². The predicted molar refractivity (Wildman–Crippen MR) is 95.0 cm³/mol. The zero-order valence-corrected chi connectivity index (χ0v) is 14.7. The second-order valence-electron chi connectivity index (χ2n) is 5.65. The highest BCUT2D eigenvalue weighted by Crippen LogP contribution is 2.23. The Bertz CT molecular complexity index is 450. The number of benzene rings is 1. The lowest BCUT2D eigenvalue weighted by molar-refractivity contribution is -0.116. The molecular formula is C17H29ClN2O2. The van der Waals surface area contributed by atoms with Gasteiger partial charge in [0.1, 0.15) is 5.75 Å². The van der Waals surface area contributed by atoms with E-state index in [9.17, 15) is 4.79 Å². The lowest BCUT2D eigenvalue weighted by Gasteiger charge is -2.13. The molecule has 0 fully saturated rings. The molecule has 0 aliphatic rings. The van der Waals surface area contributed by atoms with Crippen LogP contribution in [0.1, 0.15) is 51.5 Å². The molecule has 0 heterocycles. The summed E-state index contributed by atoms with van der Waals surface area (Å²) in [5.74, 6) is 0.935. The molecule has 0 aliphatic heterocycles. The number of aryl methyl sites for hydroxylation is 1. The number of halogens is 1. The molecule has 4 nitrogen and oxygen atoms in total. The van der Waals surface area contributed by atoms with Crippen LogP contribution in [0.4, 0.5) is 5.69 Å². The molecule has 0 spiro atoms. The van der Waals surface area contributed by atoms with Crippen molar-refractivity contribution in [2.45, 2.75) is 59.0 Å². The van der Waals surface area contributed by atoms with E-state index in [-0.39, 0.29) is 24.4 Å². The summed E-state index contributed by atoms with van der Waals surface area (Å²) in [6.07, 6.45) is 4.83. The molecule has 0 saturated heterocycles. The van der Waals surface area contributed by atoms with E-state index in [1.54, 1.807) is 0 Å². The van der Waals surface area contributed by atoms with Crippen LogP contribution in [0.15, 0.2) is 18.2 Å². The molecular weight excluding hydrogens is 300 g/mol. The highest BCUT2D eigenvalue weighted by atomic mass is 35.5. The Kier molecular flexibility index (Phi) is 10.7. The van der Waals surface area contributed by atoms with E-state index in [0.29, 0.717) is 6.42 Å². The first-order valence-electron chi connectivity index (χ1n) is 7.80. The number of ether oxygens (including phenoxy) is 1. The highest BCUT2D eigenvalue weighted by Gasteiger charge is 2.06. The zero-order valence-electron chi connectivity index (χ0n) is 13.9. The lowest BCUT2D eigenvalue weighted by atomic mass is 10.1. The van der Waals surface area contributed by atoms with E-state index in [1.165, 1.54) is 0 Å². The van der Waals surface area contributed by atoms with E-state index < -0.39 is 0 Å². The van der Waals surface area contributed by atoms with Crippen LogP contribution in [-0.4, -0.2) is 18.6 Å². The first kappa shape index (κ1) is 20.7. The number of nitrogens with two attached hydrogens (primary N) is 1. The smallest absolute Gasteiger partial charge is 0.224 e. The number of nitrogens with one attached hydrogen (secondary N) is 1. The van der Waals surface area contributed by atoms with Gasteiger partial charge >= 0.3 is 0 Å². The minimum atomic E-state index is 0. The van der Waals surface area contributed by atoms with Gasteiger partial charge in [0.2, 0.25) is 5.91 Å².